The van der Waals surface area contributed by atoms with Crippen LogP contribution in [0.4, 0.5) is 0 Å². The number of nitrogens with zero attached hydrogens (tertiary/aromatic N) is 2. The molecule has 1 saturated heterocycles. The second-order valence-corrected chi connectivity index (χ2v) is 6.47. The third-order valence-corrected chi connectivity index (χ3v) is 4.20. The van der Waals surface area contributed by atoms with Crippen molar-refractivity contribution in [3.8, 4) is 5.75 Å². The fourth-order valence-corrected chi connectivity index (χ4v) is 3.04. The van der Waals surface area contributed by atoms with Gasteiger partial charge in [0.15, 0.2) is 0 Å². The molecule has 2 aliphatic heterocycles. The molecule has 1 fully saturated rings. The summed E-state index contributed by atoms with van der Waals surface area (Å²) in [5.74, 6) is 0.900. The minimum atomic E-state index is -0.1000. The van der Waals surface area contributed by atoms with Crippen molar-refractivity contribution in [2.45, 2.75) is 44.7 Å². The maximum Gasteiger partial charge on any atom is 0.288 e. The number of amidine groups is 1. The van der Waals surface area contributed by atoms with Crippen molar-refractivity contribution in [2.24, 2.45) is 4.99 Å². The van der Waals surface area contributed by atoms with Gasteiger partial charge in [-0.25, -0.2) is 4.99 Å². The molecule has 0 bridgehead atoms. The van der Waals surface area contributed by atoms with Gasteiger partial charge in [-0.05, 0) is 50.8 Å². The standard InChI is InChI=1S/C17H24N2O2/c1-17(2)12-21-16(18-17)19-11-5-4-6-15(19)13-7-9-14(20-3)10-8-13/h7-10,15H,4-6,11-12H2,1-3H3. The van der Waals surface area contributed by atoms with Gasteiger partial charge in [-0.15, -0.1) is 0 Å². The Bertz CT molecular complexity index is 522. The van der Waals surface area contributed by atoms with E-state index in [9.17, 15) is 0 Å². The number of rotatable bonds is 2. The zero-order valence-electron chi connectivity index (χ0n) is 13.1. The summed E-state index contributed by atoms with van der Waals surface area (Å²) in [6.07, 6.45) is 3.61. The van der Waals surface area contributed by atoms with E-state index in [0.717, 1.165) is 24.7 Å². The molecular formula is C17H24N2O2. The third-order valence-electron chi connectivity index (χ3n) is 4.20. The van der Waals surface area contributed by atoms with Crippen molar-refractivity contribution in [1.29, 1.82) is 0 Å². The summed E-state index contributed by atoms with van der Waals surface area (Å²) in [5, 5.41) is 0. The summed E-state index contributed by atoms with van der Waals surface area (Å²) >= 11 is 0. The van der Waals surface area contributed by atoms with Crippen LogP contribution in [0.25, 0.3) is 0 Å². The second-order valence-electron chi connectivity index (χ2n) is 6.47. The average molecular weight is 288 g/mol. The van der Waals surface area contributed by atoms with Crippen molar-refractivity contribution in [1.82, 2.24) is 4.90 Å². The Balaban J connectivity index is 1.84. The van der Waals surface area contributed by atoms with Gasteiger partial charge in [-0.2, -0.15) is 0 Å². The second kappa shape index (κ2) is 5.58. The zero-order valence-corrected chi connectivity index (χ0v) is 13.1. The molecule has 0 spiro atoms. The van der Waals surface area contributed by atoms with Gasteiger partial charge in [-0.1, -0.05) is 12.1 Å². The number of ether oxygens (including phenoxy) is 2. The smallest absolute Gasteiger partial charge is 0.288 e. The van der Waals surface area contributed by atoms with Gasteiger partial charge < -0.3 is 14.4 Å². The predicted octanol–water partition coefficient (Wildman–Crippen LogP) is 3.39. The molecule has 21 heavy (non-hydrogen) atoms. The van der Waals surface area contributed by atoms with Gasteiger partial charge in [0.1, 0.15) is 12.4 Å². The van der Waals surface area contributed by atoms with Crippen LogP contribution in [0.2, 0.25) is 0 Å². The molecule has 1 aromatic carbocycles. The van der Waals surface area contributed by atoms with Crippen LogP contribution in [0.1, 0.15) is 44.7 Å². The first-order chi connectivity index (χ1) is 10.1. The van der Waals surface area contributed by atoms with E-state index in [1.54, 1.807) is 7.11 Å². The molecule has 0 radical (unpaired) electrons. The molecule has 1 aromatic rings. The highest BCUT2D eigenvalue weighted by Crippen LogP contribution is 2.34. The molecular weight excluding hydrogens is 264 g/mol. The lowest BCUT2D eigenvalue weighted by Crippen LogP contribution is -2.38. The van der Waals surface area contributed by atoms with E-state index in [1.807, 2.05) is 12.1 Å². The van der Waals surface area contributed by atoms with Gasteiger partial charge >= 0.3 is 0 Å². The van der Waals surface area contributed by atoms with Crippen LogP contribution in [0.15, 0.2) is 29.3 Å². The van der Waals surface area contributed by atoms with E-state index in [4.69, 9.17) is 14.5 Å². The van der Waals surface area contributed by atoms with Crippen LogP contribution in [0.5, 0.6) is 5.75 Å². The lowest BCUT2D eigenvalue weighted by Gasteiger charge is -2.36. The molecule has 4 nitrogen and oxygen atoms in total. The first kappa shape index (κ1) is 14.2. The van der Waals surface area contributed by atoms with Crippen LogP contribution in [-0.4, -0.2) is 36.7 Å². The lowest BCUT2D eigenvalue weighted by atomic mass is 9.95. The summed E-state index contributed by atoms with van der Waals surface area (Å²) in [6.45, 7) is 5.93. The number of likely N-dealkylation sites (tertiary alicyclic amines) is 1. The first-order valence-electron chi connectivity index (χ1n) is 7.72. The summed E-state index contributed by atoms with van der Waals surface area (Å²) in [7, 11) is 1.70. The minimum Gasteiger partial charge on any atom is -0.497 e. The molecule has 4 heteroatoms. The van der Waals surface area contributed by atoms with E-state index in [1.165, 1.54) is 18.4 Å². The van der Waals surface area contributed by atoms with Crippen LogP contribution < -0.4 is 4.74 Å². The lowest BCUT2D eigenvalue weighted by molar-refractivity contribution is 0.175. The van der Waals surface area contributed by atoms with Crippen molar-refractivity contribution < 1.29 is 9.47 Å². The Hall–Kier alpha value is -1.71. The first-order valence-corrected chi connectivity index (χ1v) is 7.72. The Morgan fingerprint density at radius 1 is 1.24 bits per heavy atom. The van der Waals surface area contributed by atoms with E-state index in [0.29, 0.717) is 12.6 Å². The molecule has 1 unspecified atom stereocenters. The van der Waals surface area contributed by atoms with Crippen molar-refractivity contribution in [3.63, 3.8) is 0 Å². The van der Waals surface area contributed by atoms with Crippen LogP contribution in [0.3, 0.4) is 0 Å². The van der Waals surface area contributed by atoms with Crippen molar-refractivity contribution >= 4 is 6.02 Å². The molecule has 1 atom stereocenters. The van der Waals surface area contributed by atoms with E-state index >= 15 is 0 Å². The summed E-state index contributed by atoms with van der Waals surface area (Å²) in [4.78, 5) is 7.08. The number of piperidine rings is 1. The molecule has 3 rings (SSSR count). The highest BCUT2D eigenvalue weighted by Gasteiger charge is 2.34. The van der Waals surface area contributed by atoms with E-state index in [2.05, 4.69) is 30.9 Å². The van der Waals surface area contributed by atoms with Crippen molar-refractivity contribution in [2.75, 3.05) is 20.3 Å². The molecule has 0 aromatic heterocycles. The molecule has 2 aliphatic rings. The largest absolute Gasteiger partial charge is 0.497 e. The topological polar surface area (TPSA) is 34.1 Å². The third kappa shape index (κ3) is 2.99. The molecule has 114 valence electrons. The fraction of sp³-hybridized carbons (Fsp3) is 0.588. The monoisotopic (exact) mass is 288 g/mol. The van der Waals surface area contributed by atoms with E-state index < -0.39 is 0 Å². The summed E-state index contributed by atoms with van der Waals surface area (Å²) in [6, 6.07) is 9.55. The predicted molar refractivity (Wildman–Crippen MR) is 83.8 cm³/mol. The van der Waals surface area contributed by atoms with Gasteiger partial charge in [-0.3, -0.25) is 0 Å². The zero-order chi connectivity index (χ0) is 14.9. The Morgan fingerprint density at radius 2 is 2.00 bits per heavy atom. The SMILES string of the molecule is COc1ccc(C2CCCCN2C2=NC(C)(C)CO2)cc1. The number of aliphatic imine (C=N–C) groups is 1. The maximum atomic E-state index is 5.86. The quantitative estimate of drug-likeness (QED) is 0.836. The number of hydrogen-bond donors (Lipinski definition) is 0. The Labute approximate surface area is 126 Å². The normalized spacial score (nSPS) is 24.4. The summed E-state index contributed by atoms with van der Waals surface area (Å²) < 4.78 is 11.1. The number of hydrogen-bond acceptors (Lipinski definition) is 4. The van der Waals surface area contributed by atoms with E-state index in [-0.39, 0.29) is 5.54 Å². The van der Waals surface area contributed by atoms with Gasteiger partial charge in [0.25, 0.3) is 6.02 Å². The Morgan fingerprint density at radius 3 is 2.62 bits per heavy atom. The number of benzene rings is 1. The molecule has 0 amide bonds. The molecule has 0 aliphatic carbocycles. The average Bonchev–Trinajstić information content (AvgIpc) is 2.87. The molecule has 0 N–H and O–H groups in total. The minimum absolute atomic E-state index is 0.1000. The van der Waals surface area contributed by atoms with Crippen LogP contribution in [-0.2, 0) is 4.74 Å². The Kier molecular flexibility index (Phi) is 3.79. The number of methoxy groups -OCH3 is 1. The molecule has 2 heterocycles. The van der Waals surface area contributed by atoms with Gasteiger partial charge in [0.05, 0.1) is 18.7 Å². The van der Waals surface area contributed by atoms with Crippen LogP contribution >= 0.6 is 0 Å². The highest BCUT2D eigenvalue weighted by molar-refractivity contribution is 5.76. The van der Waals surface area contributed by atoms with Gasteiger partial charge in [0.2, 0.25) is 0 Å². The fourth-order valence-electron chi connectivity index (χ4n) is 3.04. The van der Waals surface area contributed by atoms with Crippen molar-refractivity contribution in [3.05, 3.63) is 29.8 Å². The maximum absolute atomic E-state index is 5.86. The highest BCUT2D eigenvalue weighted by atomic mass is 16.5. The van der Waals surface area contributed by atoms with Crippen LogP contribution in [0, 0.1) is 0 Å². The van der Waals surface area contributed by atoms with Gasteiger partial charge in [0, 0.05) is 6.54 Å². The summed E-state index contributed by atoms with van der Waals surface area (Å²) in [5.41, 5.74) is 1.21. The molecule has 0 saturated carbocycles.